The van der Waals surface area contributed by atoms with Crippen LogP contribution in [-0.2, 0) is 0 Å². The molecule has 1 rings (SSSR count). The minimum atomic E-state index is -0.153. The van der Waals surface area contributed by atoms with Crippen LogP contribution in [0.3, 0.4) is 0 Å². The number of hydrogen-bond acceptors (Lipinski definition) is 0. The molecule has 1 aliphatic rings. The number of alkyl halides is 2. The molecule has 1 saturated heterocycles. The van der Waals surface area contributed by atoms with Crippen LogP contribution >= 0.6 is 15.8 Å². The number of hydrogen-bond donors (Lipinski definition) is 0. The van der Waals surface area contributed by atoms with Gasteiger partial charge in [-0.3, -0.25) is 0 Å². The molecule has 0 bridgehead atoms. The average molecular weight is 282 g/mol. The second-order valence-corrected chi connectivity index (χ2v) is 19.5. The van der Waals surface area contributed by atoms with Crippen LogP contribution in [0.5, 0.6) is 0 Å². The van der Waals surface area contributed by atoms with Crippen molar-refractivity contribution in [2.24, 2.45) is 0 Å². The predicted octanol–water partition coefficient (Wildman–Crippen LogP) is -1.74. The fraction of sp³-hybridized carbons (Fsp3) is 0.500. The maximum absolute atomic E-state index is 3.96. The molecule has 0 spiro atoms. The number of halogens is 2. The van der Waals surface area contributed by atoms with Crippen molar-refractivity contribution in [1.82, 2.24) is 0 Å². The fourth-order valence-electron chi connectivity index (χ4n) is 0.0270. The SMILES string of the molecule is [CH2-]I1C[I-]1. The molecule has 28 valence electrons. The van der Waals surface area contributed by atoms with E-state index in [4.69, 9.17) is 0 Å². The Morgan fingerprint density at radius 3 is 2.25 bits per heavy atom. The Bertz CT molecular complexity index is 23.2. The summed E-state index contributed by atoms with van der Waals surface area (Å²) < 4.78 is 1.64. The monoisotopic (exact) mass is 282 g/mol. The van der Waals surface area contributed by atoms with Gasteiger partial charge in [0.25, 0.3) is 0 Å². The summed E-state index contributed by atoms with van der Waals surface area (Å²) in [7, 11) is 0. The van der Waals surface area contributed by atoms with Crippen LogP contribution in [0, 0.1) is 4.93 Å². The Morgan fingerprint density at radius 2 is 2.25 bits per heavy atom. The van der Waals surface area contributed by atoms with E-state index in [-0.39, 0.29) is 15.8 Å². The summed E-state index contributed by atoms with van der Waals surface area (Å²) >= 11 is 0.669. The molecule has 0 amide bonds. The van der Waals surface area contributed by atoms with Gasteiger partial charge in [-0.25, -0.2) is 0 Å². The van der Waals surface area contributed by atoms with Crippen LogP contribution in [0.2, 0.25) is 0 Å². The first-order chi connectivity index (χ1) is 1.89. The minimum absolute atomic E-state index is 0.153. The molecular formula is C2H4I2-2. The normalized spacial score (nSPS) is 32.8. The van der Waals surface area contributed by atoms with E-state index in [1.807, 2.05) is 0 Å². The fourth-order valence-corrected chi connectivity index (χ4v) is 8.15. The molecule has 0 aromatic heterocycles. The van der Waals surface area contributed by atoms with E-state index in [1.54, 1.807) is 2.43 Å². The van der Waals surface area contributed by atoms with E-state index >= 15 is 0 Å². The van der Waals surface area contributed by atoms with E-state index < -0.39 is 0 Å². The molecule has 2 heteroatoms. The van der Waals surface area contributed by atoms with Gasteiger partial charge in [0.1, 0.15) is 0 Å². The van der Waals surface area contributed by atoms with Crippen molar-refractivity contribution in [3.05, 3.63) is 4.93 Å². The molecule has 0 atom stereocenters. The standard InChI is InChI=1S/C2H4I2/c1-4-2-3-4/h1-2H2/q-2. The zero-order chi connectivity index (χ0) is 2.99. The number of rotatable bonds is 0. The van der Waals surface area contributed by atoms with Gasteiger partial charge in [-0.1, -0.05) is 0 Å². The topological polar surface area (TPSA) is 0 Å². The summed E-state index contributed by atoms with van der Waals surface area (Å²) in [6.45, 7) is 0. The molecule has 0 aliphatic carbocycles. The molecule has 1 heterocycles. The van der Waals surface area contributed by atoms with Gasteiger partial charge in [0.2, 0.25) is 0 Å². The summed E-state index contributed by atoms with van der Waals surface area (Å²) in [5.41, 5.74) is 0. The first kappa shape index (κ1) is 3.64. The van der Waals surface area contributed by atoms with Crippen LogP contribution in [0.15, 0.2) is 0 Å². The zero-order valence-corrected chi connectivity index (χ0v) is 6.49. The summed E-state index contributed by atoms with van der Waals surface area (Å²) in [5.74, 6) is 0. The Hall–Kier alpha value is 1.46. The Balaban J connectivity index is 2.17. The van der Waals surface area contributed by atoms with Crippen LogP contribution < -0.4 is 17.2 Å². The van der Waals surface area contributed by atoms with Crippen molar-refractivity contribution in [2.45, 2.75) is 0 Å². The quantitative estimate of drug-likeness (QED) is 0.281. The Labute approximate surface area is 40.0 Å². The zero-order valence-electron chi connectivity index (χ0n) is 2.17. The molecule has 1 fully saturated rings. The van der Waals surface area contributed by atoms with Gasteiger partial charge >= 0.3 is 40.4 Å². The Kier molecular flexibility index (Phi) is 1.17. The predicted molar refractivity (Wildman–Crippen MR) is 24.2 cm³/mol. The summed E-state index contributed by atoms with van der Waals surface area (Å²) in [4.78, 5) is 3.96. The van der Waals surface area contributed by atoms with E-state index in [0.29, 0.717) is 0 Å². The average Bonchev–Trinajstić information content (AvgIpc) is 1.75. The molecule has 0 N–H and O–H groups in total. The molecule has 0 aromatic carbocycles. The Morgan fingerprint density at radius 1 is 2.00 bits per heavy atom. The summed E-state index contributed by atoms with van der Waals surface area (Å²) in [5, 5.41) is 0. The third-order valence-corrected chi connectivity index (χ3v) is 11.0. The van der Waals surface area contributed by atoms with Crippen molar-refractivity contribution in [1.29, 1.82) is 0 Å². The third-order valence-electron chi connectivity index (χ3n) is 0.244. The van der Waals surface area contributed by atoms with Gasteiger partial charge in [0, 0.05) is 0 Å². The molecular weight excluding hydrogens is 278 g/mol. The molecule has 0 saturated carbocycles. The molecule has 0 nitrogen and oxygen atoms in total. The third kappa shape index (κ3) is 1.05. The van der Waals surface area contributed by atoms with E-state index in [9.17, 15) is 0 Å². The van der Waals surface area contributed by atoms with Gasteiger partial charge in [0.15, 0.2) is 0 Å². The second kappa shape index (κ2) is 1.28. The van der Waals surface area contributed by atoms with E-state index in [1.165, 1.54) is 0 Å². The van der Waals surface area contributed by atoms with Crippen molar-refractivity contribution < 1.29 is 17.2 Å². The molecule has 4 heavy (non-hydrogen) atoms. The molecule has 1 aliphatic heterocycles. The van der Waals surface area contributed by atoms with Crippen LogP contribution in [0.25, 0.3) is 0 Å². The second-order valence-electron chi connectivity index (χ2n) is 0.593. The maximum atomic E-state index is 3.96. The van der Waals surface area contributed by atoms with Crippen LogP contribution in [-0.4, -0.2) is 2.43 Å². The first-order valence-electron chi connectivity index (χ1n) is 0.945. The van der Waals surface area contributed by atoms with Gasteiger partial charge in [-0.15, -0.1) is 0 Å². The van der Waals surface area contributed by atoms with E-state index in [2.05, 4.69) is 4.93 Å². The van der Waals surface area contributed by atoms with Gasteiger partial charge < -0.3 is 0 Å². The molecule has 0 aromatic rings. The van der Waals surface area contributed by atoms with Crippen molar-refractivity contribution in [2.75, 3.05) is 2.43 Å². The van der Waals surface area contributed by atoms with Crippen molar-refractivity contribution >= 4 is 15.8 Å². The van der Waals surface area contributed by atoms with Crippen LogP contribution in [0.4, 0.5) is 0 Å². The van der Waals surface area contributed by atoms with Gasteiger partial charge in [-0.05, 0) is 0 Å². The van der Waals surface area contributed by atoms with E-state index in [0.717, 1.165) is 17.2 Å². The summed E-state index contributed by atoms with van der Waals surface area (Å²) in [6.07, 6.45) is 0. The van der Waals surface area contributed by atoms with Crippen LogP contribution in [0.1, 0.15) is 0 Å². The molecule has 0 unspecified atom stereocenters. The first-order valence-corrected chi connectivity index (χ1v) is 11.8. The van der Waals surface area contributed by atoms with Crippen molar-refractivity contribution in [3.8, 4) is 0 Å². The molecule has 0 radical (unpaired) electrons. The van der Waals surface area contributed by atoms with Gasteiger partial charge in [-0.2, -0.15) is 0 Å². The van der Waals surface area contributed by atoms with Crippen molar-refractivity contribution in [3.63, 3.8) is 0 Å². The van der Waals surface area contributed by atoms with Gasteiger partial charge in [0.05, 0.1) is 0 Å². The summed E-state index contributed by atoms with van der Waals surface area (Å²) in [6, 6.07) is 0.